The zero-order chi connectivity index (χ0) is 39.7. The molecule has 17 heteroatoms. The number of aliphatic hydroxyl groups is 1. The second-order valence-electron chi connectivity index (χ2n) is 13.5. The lowest BCUT2D eigenvalue weighted by Crippen LogP contribution is -2.61. The Labute approximate surface area is 303 Å². The van der Waals surface area contributed by atoms with E-state index in [1.54, 1.807) is 34.6 Å². The number of benzene rings is 1. The van der Waals surface area contributed by atoms with Gasteiger partial charge in [0.2, 0.25) is 29.5 Å². The van der Waals surface area contributed by atoms with Crippen molar-refractivity contribution in [1.29, 1.82) is 0 Å². The fourth-order valence-corrected chi connectivity index (χ4v) is 5.04. The molecule has 0 fully saturated rings. The Hall–Kier alpha value is -4.77. The SMILES string of the molecule is CC[C@H](C)[C@H](N)C(=O)N[C@H](C(=O)N[C@@H](CO)C(=O)N[C@@H](Cc1ccc(O)cc1)C(=O)N[C@@H](CCC(=O)O)C(=O)N[C@@H](CC(C)C)C(=O)O)[C@@H](C)CC. The molecule has 8 atom stereocenters. The highest BCUT2D eigenvalue weighted by molar-refractivity contribution is 5.96. The van der Waals surface area contributed by atoms with Crippen molar-refractivity contribution in [3.05, 3.63) is 29.8 Å². The first-order valence-electron chi connectivity index (χ1n) is 17.5. The number of nitrogens with one attached hydrogen (secondary N) is 5. The molecule has 0 aliphatic heterocycles. The number of carbonyl (C=O) groups excluding carboxylic acids is 5. The zero-order valence-corrected chi connectivity index (χ0v) is 30.7. The maximum Gasteiger partial charge on any atom is 0.326 e. The Bertz CT molecular complexity index is 1370. The smallest absolute Gasteiger partial charge is 0.326 e. The third-order valence-electron chi connectivity index (χ3n) is 8.78. The van der Waals surface area contributed by atoms with E-state index in [2.05, 4.69) is 26.6 Å². The molecule has 1 aromatic rings. The fraction of sp³-hybridized carbons (Fsp3) is 0.629. The monoisotopic (exact) mass is 736 g/mol. The summed E-state index contributed by atoms with van der Waals surface area (Å²) in [6.45, 7) is 9.75. The molecule has 0 aromatic heterocycles. The lowest BCUT2D eigenvalue weighted by atomic mass is 9.95. The van der Waals surface area contributed by atoms with Crippen molar-refractivity contribution < 1.29 is 54.0 Å². The predicted molar refractivity (Wildman–Crippen MR) is 189 cm³/mol. The van der Waals surface area contributed by atoms with Gasteiger partial charge in [0.15, 0.2) is 0 Å². The van der Waals surface area contributed by atoms with Gasteiger partial charge in [0.25, 0.3) is 0 Å². The van der Waals surface area contributed by atoms with Crippen LogP contribution in [0.4, 0.5) is 0 Å². The number of amides is 5. The Morgan fingerprint density at radius 3 is 1.67 bits per heavy atom. The van der Waals surface area contributed by atoms with Crippen molar-refractivity contribution >= 4 is 41.5 Å². The van der Waals surface area contributed by atoms with Gasteiger partial charge in [-0.05, 0) is 48.3 Å². The van der Waals surface area contributed by atoms with Crippen LogP contribution >= 0.6 is 0 Å². The number of phenolic OH excluding ortho intramolecular Hbond substituents is 1. The summed E-state index contributed by atoms with van der Waals surface area (Å²) in [4.78, 5) is 89.9. The molecule has 0 saturated heterocycles. The summed E-state index contributed by atoms with van der Waals surface area (Å²) < 4.78 is 0. The lowest BCUT2D eigenvalue weighted by Gasteiger charge is -2.29. The van der Waals surface area contributed by atoms with E-state index in [4.69, 9.17) is 5.73 Å². The van der Waals surface area contributed by atoms with E-state index in [1.165, 1.54) is 24.3 Å². The number of aromatic hydroxyl groups is 1. The molecule has 0 aliphatic carbocycles. The van der Waals surface area contributed by atoms with E-state index in [9.17, 15) is 54.0 Å². The van der Waals surface area contributed by atoms with Crippen molar-refractivity contribution in [1.82, 2.24) is 26.6 Å². The molecule has 0 unspecified atom stereocenters. The summed E-state index contributed by atoms with van der Waals surface area (Å²) in [5.74, 6) is -7.67. The minimum absolute atomic E-state index is 0.0563. The maximum absolute atomic E-state index is 13.7. The van der Waals surface area contributed by atoms with E-state index in [0.717, 1.165) is 0 Å². The maximum atomic E-state index is 13.7. The van der Waals surface area contributed by atoms with Gasteiger partial charge in [-0.25, -0.2) is 4.79 Å². The summed E-state index contributed by atoms with van der Waals surface area (Å²) in [6, 6.07) is -2.34. The van der Waals surface area contributed by atoms with E-state index < -0.39 is 103 Å². The van der Waals surface area contributed by atoms with Gasteiger partial charge in [0, 0.05) is 12.8 Å². The number of carbonyl (C=O) groups is 7. The van der Waals surface area contributed by atoms with Gasteiger partial charge in [-0.3, -0.25) is 28.8 Å². The van der Waals surface area contributed by atoms with Gasteiger partial charge in [-0.2, -0.15) is 0 Å². The van der Waals surface area contributed by atoms with E-state index in [0.29, 0.717) is 18.4 Å². The fourth-order valence-electron chi connectivity index (χ4n) is 5.04. The van der Waals surface area contributed by atoms with Crippen LogP contribution in [0, 0.1) is 17.8 Å². The second-order valence-corrected chi connectivity index (χ2v) is 13.5. The molecule has 52 heavy (non-hydrogen) atoms. The van der Waals surface area contributed by atoms with Crippen LogP contribution in [0.1, 0.15) is 79.2 Å². The lowest BCUT2D eigenvalue weighted by molar-refractivity contribution is -0.143. The third-order valence-corrected chi connectivity index (χ3v) is 8.78. The minimum Gasteiger partial charge on any atom is -0.508 e. The molecule has 1 rings (SSSR count). The molecule has 0 heterocycles. The summed E-state index contributed by atoms with van der Waals surface area (Å²) >= 11 is 0. The van der Waals surface area contributed by atoms with Crippen LogP contribution in [-0.2, 0) is 40.0 Å². The Morgan fingerprint density at radius 1 is 0.673 bits per heavy atom. The number of aliphatic carboxylic acids is 2. The van der Waals surface area contributed by atoms with Crippen LogP contribution in [-0.4, -0.2) is 105 Å². The number of hydrogen-bond acceptors (Lipinski definition) is 10. The first kappa shape index (κ1) is 45.3. The summed E-state index contributed by atoms with van der Waals surface area (Å²) in [6.07, 6.45) is -0.0683. The average molecular weight is 737 g/mol. The van der Waals surface area contributed by atoms with Crippen molar-refractivity contribution in [3.8, 4) is 5.75 Å². The molecule has 0 radical (unpaired) electrons. The number of carboxylic acid groups (broad SMARTS) is 2. The van der Waals surface area contributed by atoms with Crippen LogP contribution in [0.5, 0.6) is 5.75 Å². The quantitative estimate of drug-likeness (QED) is 0.0697. The first-order chi connectivity index (χ1) is 24.3. The topological polar surface area (TPSA) is 287 Å². The highest BCUT2D eigenvalue weighted by Crippen LogP contribution is 2.14. The van der Waals surface area contributed by atoms with Crippen molar-refractivity contribution in [2.75, 3.05) is 6.61 Å². The highest BCUT2D eigenvalue weighted by atomic mass is 16.4. The van der Waals surface area contributed by atoms with Gasteiger partial charge >= 0.3 is 11.9 Å². The second kappa shape index (κ2) is 22.2. The van der Waals surface area contributed by atoms with Crippen LogP contribution in [0.3, 0.4) is 0 Å². The Balaban J connectivity index is 3.35. The average Bonchev–Trinajstić information content (AvgIpc) is 3.09. The molecule has 5 amide bonds. The standard InChI is InChI=1S/C35H56N6O11/c1-7-19(5)28(36)33(49)41-29(20(6)8-2)34(50)40-26(17-42)32(48)38-24(16-21-9-11-22(43)12-10-21)31(47)37-23(13-14-27(44)45)30(46)39-25(35(51)52)15-18(3)4/h9-12,18-20,23-26,28-29,42-43H,7-8,13-17,36H2,1-6H3,(H,37,47)(H,38,48)(H,39,46)(H,40,50)(H,41,49)(H,44,45)(H,51,52)/t19-,20-,23-,24-,25-,26-,28-,29-/m0/s1. The van der Waals surface area contributed by atoms with E-state index >= 15 is 0 Å². The molecule has 0 aliphatic rings. The summed E-state index contributed by atoms with van der Waals surface area (Å²) in [5, 5.41) is 51.0. The first-order valence-corrected chi connectivity index (χ1v) is 17.5. The number of carboxylic acids is 2. The van der Waals surface area contributed by atoms with Gasteiger partial charge in [0.1, 0.15) is 36.0 Å². The minimum atomic E-state index is -1.60. The van der Waals surface area contributed by atoms with Crippen molar-refractivity contribution in [3.63, 3.8) is 0 Å². The highest BCUT2D eigenvalue weighted by Gasteiger charge is 2.34. The normalized spacial score (nSPS) is 15.8. The van der Waals surface area contributed by atoms with Crippen molar-refractivity contribution in [2.45, 2.75) is 116 Å². The van der Waals surface area contributed by atoms with Gasteiger partial charge in [-0.1, -0.05) is 66.5 Å². The number of nitrogens with two attached hydrogens (primary N) is 1. The molecular formula is C35H56N6O11. The van der Waals surface area contributed by atoms with E-state index in [-0.39, 0.29) is 30.4 Å². The molecule has 1 aromatic carbocycles. The zero-order valence-electron chi connectivity index (χ0n) is 30.7. The van der Waals surface area contributed by atoms with Gasteiger partial charge in [0.05, 0.1) is 12.6 Å². The molecule has 17 nitrogen and oxygen atoms in total. The molecule has 0 saturated carbocycles. The van der Waals surface area contributed by atoms with Gasteiger partial charge < -0.3 is 52.7 Å². The summed E-state index contributed by atoms with van der Waals surface area (Å²) in [5.41, 5.74) is 6.49. The van der Waals surface area contributed by atoms with Crippen LogP contribution < -0.4 is 32.3 Å². The molecule has 292 valence electrons. The number of rotatable bonds is 23. The molecule has 0 bridgehead atoms. The Morgan fingerprint density at radius 2 is 1.17 bits per heavy atom. The number of hydrogen-bond donors (Lipinski definition) is 10. The molecule has 11 N–H and O–H groups in total. The van der Waals surface area contributed by atoms with Crippen molar-refractivity contribution in [2.24, 2.45) is 23.5 Å². The molecule has 0 spiro atoms. The summed E-state index contributed by atoms with van der Waals surface area (Å²) in [7, 11) is 0. The predicted octanol–water partition coefficient (Wildman–Crippen LogP) is -0.234. The number of phenols is 1. The Kier molecular flexibility index (Phi) is 19.3. The van der Waals surface area contributed by atoms with E-state index in [1.807, 2.05) is 6.92 Å². The van der Waals surface area contributed by atoms with Crippen LogP contribution in [0.15, 0.2) is 24.3 Å². The van der Waals surface area contributed by atoms with Gasteiger partial charge in [-0.15, -0.1) is 0 Å². The largest absolute Gasteiger partial charge is 0.508 e. The molecular weight excluding hydrogens is 680 g/mol. The number of aliphatic hydroxyl groups excluding tert-OH is 1. The van der Waals surface area contributed by atoms with Crippen LogP contribution in [0.2, 0.25) is 0 Å². The third kappa shape index (κ3) is 15.2. The van der Waals surface area contributed by atoms with Crippen LogP contribution in [0.25, 0.3) is 0 Å².